The highest BCUT2D eigenvalue weighted by atomic mass is 16.5. The molecule has 0 atom stereocenters. The van der Waals surface area contributed by atoms with Gasteiger partial charge < -0.3 is 15.2 Å². The Kier molecular flexibility index (Phi) is 10.6. The second-order valence-electron chi connectivity index (χ2n) is 4.73. The van der Waals surface area contributed by atoms with Gasteiger partial charge in [0.05, 0.1) is 19.8 Å². The van der Waals surface area contributed by atoms with Crippen molar-refractivity contribution in [3.63, 3.8) is 0 Å². The molecule has 0 aliphatic heterocycles. The Bertz CT molecular complexity index is 176. The maximum Gasteiger partial charge on any atom is 0.0700 e. The highest BCUT2D eigenvalue weighted by molar-refractivity contribution is 4.89. The second kappa shape index (κ2) is 10.7. The lowest BCUT2D eigenvalue weighted by molar-refractivity contribution is 0.0231. The molecule has 4 heteroatoms. The molecular weight excluding hydrogens is 228 g/mol. The summed E-state index contributed by atoms with van der Waals surface area (Å²) >= 11 is 0. The van der Waals surface area contributed by atoms with E-state index >= 15 is 0 Å². The molecule has 2 N–H and O–H groups in total. The number of rotatable bonds is 12. The zero-order chi connectivity index (χ0) is 13.9. The molecule has 0 heterocycles. The molecule has 0 saturated heterocycles. The van der Waals surface area contributed by atoms with Crippen LogP contribution in [0.1, 0.15) is 40.0 Å². The molecule has 0 unspecified atom stereocenters. The van der Waals surface area contributed by atoms with E-state index in [0.29, 0.717) is 13.2 Å². The average Bonchev–Trinajstić information content (AvgIpc) is 2.41. The number of hydrogen-bond acceptors (Lipinski definition) is 4. The minimum Gasteiger partial charge on any atom is -0.382 e. The molecule has 0 fully saturated rings. The van der Waals surface area contributed by atoms with Gasteiger partial charge in [-0.2, -0.15) is 0 Å². The van der Waals surface area contributed by atoms with Crippen LogP contribution >= 0.6 is 0 Å². The van der Waals surface area contributed by atoms with Gasteiger partial charge in [0.25, 0.3) is 0 Å². The monoisotopic (exact) mass is 260 g/mol. The third-order valence-corrected chi connectivity index (χ3v) is 3.80. The number of methoxy groups -OCH3 is 1. The Morgan fingerprint density at radius 3 is 2.11 bits per heavy atom. The van der Waals surface area contributed by atoms with Crippen molar-refractivity contribution in [1.82, 2.24) is 4.90 Å². The summed E-state index contributed by atoms with van der Waals surface area (Å²) in [4.78, 5) is 2.50. The minimum atomic E-state index is 0.140. The van der Waals surface area contributed by atoms with Crippen LogP contribution in [0.2, 0.25) is 0 Å². The zero-order valence-corrected chi connectivity index (χ0v) is 12.7. The first-order valence-electron chi connectivity index (χ1n) is 7.22. The van der Waals surface area contributed by atoms with Crippen molar-refractivity contribution in [3.05, 3.63) is 0 Å². The van der Waals surface area contributed by atoms with E-state index in [0.717, 1.165) is 45.5 Å². The van der Waals surface area contributed by atoms with E-state index < -0.39 is 0 Å². The van der Waals surface area contributed by atoms with Crippen LogP contribution < -0.4 is 5.73 Å². The Morgan fingerprint density at radius 1 is 1.00 bits per heavy atom. The largest absolute Gasteiger partial charge is 0.382 e. The van der Waals surface area contributed by atoms with E-state index in [1.54, 1.807) is 7.11 Å². The predicted molar refractivity (Wildman–Crippen MR) is 76.9 cm³/mol. The SMILES string of the molecule is CCCN(CCOCCOC)C(CC)(CC)CN. The number of ether oxygens (including phenoxy) is 2. The zero-order valence-electron chi connectivity index (χ0n) is 12.7. The van der Waals surface area contributed by atoms with Crippen LogP contribution in [0.15, 0.2) is 0 Å². The van der Waals surface area contributed by atoms with E-state index in [1.807, 2.05) is 0 Å². The van der Waals surface area contributed by atoms with E-state index in [-0.39, 0.29) is 5.54 Å². The molecule has 0 aliphatic carbocycles. The van der Waals surface area contributed by atoms with Crippen molar-refractivity contribution in [3.8, 4) is 0 Å². The van der Waals surface area contributed by atoms with Gasteiger partial charge in [0, 0.05) is 25.7 Å². The van der Waals surface area contributed by atoms with Crippen LogP contribution in [0.3, 0.4) is 0 Å². The Balaban J connectivity index is 4.26. The third kappa shape index (κ3) is 5.65. The topological polar surface area (TPSA) is 47.7 Å². The van der Waals surface area contributed by atoms with Crippen LogP contribution in [0.5, 0.6) is 0 Å². The molecule has 0 aromatic rings. The van der Waals surface area contributed by atoms with Gasteiger partial charge in [0.2, 0.25) is 0 Å². The van der Waals surface area contributed by atoms with E-state index in [9.17, 15) is 0 Å². The van der Waals surface area contributed by atoms with Crippen molar-refractivity contribution in [2.24, 2.45) is 5.73 Å². The van der Waals surface area contributed by atoms with Gasteiger partial charge in [-0.1, -0.05) is 20.8 Å². The minimum absolute atomic E-state index is 0.140. The van der Waals surface area contributed by atoms with Crippen molar-refractivity contribution in [1.29, 1.82) is 0 Å². The summed E-state index contributed by atoms with van der Waals surface area (Å²) < 4.78 is 10.5. The molecule has 4 nitrogen and oxygen atoms in total. The normalized spacial score (nSPS) is 12.3. The van der Waals surface area contributed by atoms with E-state index in [2.05, 4.69) is 25.7 Å². The quantitative estimate of drug-likeness (QED) is 0.544. The Labute approximate surface area is 113 Å². The summed E-state index contributed by atoms with van der Waals surface area (Å²) in [6.45, 7) is 11.5. The summed E-state index contributed by atoms with van der Waals surface area (Å²) in [5.41, 5.74) is 6.15. The fourth-order valence-electron chi connectivity index (χ4n) is 2.39. The molecular formula is C14H32N2O2. The fraction of sp³-hybridized carbons (Fsp3) is 1.00. The van der Waals surface area contributed by atoms with Crippen molar-refractivity contribution < 1.29 is 9.47 Å². The maximum atomic E-state index is 6.01. The first-order chi connectivity index (χ1) is 8.70. The standard InChI is InChI=1S/C14H32N2O2/c1-5-8-16(9-10-18-12-11-17-4)14(6-2,7-3)13-15/h5-13,15H2,1-4H3. The summed E-state index contributed by atoms with van der Waals surface area (Å²) in [5.74, 6) is 0. The molecule has 0 aliphatic rings. The molecule has 18 heavy (non-hydrogen) atoms. The lowest BCUT2D eigenvalue weighted by atomic mass is 9.90. The first kappa shape index (κ1) is 17.8. The van der Waals surface area contributed by atoms with Gasteiger partial charge in [-0.05, 0) is 25.8 Å². The highest BCUT2D eigenvalue weighted by Crippen LogP contribution is 2.22. The molecule has 0 rings (SSSR count). The Hall–Kier alpha value is -0.160. The number of nitrogens with two attached hydrogens (primary N) is 1. The lowest BCUT2D eigenvalue weighted by Crippen LogP contribution is -2.54. The van der Waals surface area contributed by atoms with Gasteiger partial charge in [-0.15, -0.1) is 0 Å². The van der Waals surface area contributed by atoms with Crippen molar-refractivity contribution in [2.45, 2.75) is 45.6 Å². The lowest BCUT2D eigenvalue weighted by Gasteiger charge is -2.42. The van der Waals surface area contributed by atoms with Gasteiger partial charge in [0.15, 0.2) is 0 Å². The van der Waals surface area contributed by atoms with E-state index in [1.165, 1.54) is 0 Å². The number of nitrogens with zero attached hydrogens (tertiary/aromatic N) is 1. The van der Waals surface area contributed by atoms with Crippen LogP contribution in [-0.4, -0.2) is 57.0 Å². The van der Waals surface area contributed by atoms with Crippen LogP contribution in [0.4, 0.5) is 0 Å². The Morgan fingerprint density at radius 2 is 1.67 bits per heavy atom. The molecule has 0 radical (unpaired) electrons. The summed E-state index contributed by atoms with van der Waals surface area (Å²) in [6, 6.07) is 0. The molecule has 0 amide bonds. The maximum absolute atomic E-state index is 6.01. The van der Waals surface area contributed by atoms with Gasteiger partial charge >= 0.3 is 0 Å². The summed E-state index contributed by atoms with van der Waals surface area (Å²) in [6.07, 6.45) is 3.34. The predicted octanol–water partition coefficient (Wildman–Crippen LogP) is 1.88. The molecule has 0 aromatic heterocycles. The van der Waals surface area contributed by atoms with Gasteiger partial charge in [-0.25, -0.2) is 0 Å². The molecule has 0 saturated carbocycles. The van der Waals surface area contributed by atoms with Crippen LogP contribution in [0.25, 0.3) is 0 Å². The van der Waals surface area contributed by atoms with Gasteiger partial charge in [-0.3, -0.25) is 4.90 Å². The second-order valence-corrected chi connectivity index (χ2v) is 4.73. The molecule has 110 valence electrons. The highest BCUT2D eigenvalue weighted by Gasteiger charge is 2.30. The van der Waals surface area contributed by atoms with Crippen molar-refractivity contribution in [2.75, 3.05) is 46.6 Å². The van der Waals surface area contributed by atoms with Crippen LogP contribution in [-0.2, 0) is 9.47 Å². The molecule has 0 spiro atoms. The van der Waals surface area contributed by atoms with Gasteiger partial charge in [0.1, 0.15) is 0 Å². The van der Waals surface area contributed by atoms with Crippen molar-refractivity contribution >= 4 is 0 Å². The fourth-order valence-corrected chi connectivity index (χ4v) is 2.39. The smallest absolute Gasteiger partial charge is 0.0700 e. The first-order valence-corrected chi connectivity index (χ1v) is 7.22. The molecule has 0 bridgehead atoms. The molecule has 0 aromatic carbocycles. The average molecular weight is 260 g/mol. The van der Waals surface area contributed by atoms with Crippen LogP contribution in [0, 0.1) is 0 Å². The van der Waals surface area contributed by atoms with E-state index in [4.69, 9.17) is 15.2 Å². The summed E-state index contributed by atoms with van der Waals surface area (Å²) in [5, 5.41) is 0. The summed E-state index contributed by atoms with van der Waals surface area (Å²) in [7, 11) is 1.69. The number of hydrogen-bond donors (Lipinski definition) is 1. The third-order valence-electron chi connectivity index (χ3n) is 3.80.